The second-order valence-electron chi connectivity index (χ2n) is 2.83. The van der Waals surface area contributed by atoms with Crippen molar-refractivity contribution < 1.29 is 0 Å². The first-order valence-electron chi connectivity index (χ1n) is 3.97. The molecule has 0 saturated carbocycles. The van der Waals surface area contributed by atoms with Crippen molar-refractivity contribution in [2.75, 3.05) is 0 Å². The van der Waals surface area contributed by atoms with Gasteiger partial charge in [-0.25, -0.2) is 0 Å². The molecule has 2 N–H and O–H groups in total. The molecular weight excluding hydrogens is 134 g/mol. The van der Waals surface area contributed by atoms with Gasteiger partial charge in [0.25, 0.3) is 0 Å². The van der Waals surface area contributed by atoms with Crippen LogP contribution in [0.1, 0.15) is 20.3 Å². The van der Waals surface area contributed by atoms with E-state index in [0.29, 0.717) is 0 Å². The van der Waals surface area contributed by atoms with E-state index >= 15 is 0 Å². The molecule has 0 aliphatic carbocycles. The van der Waals surface area contributed by atoms with E-state index < -0.39 is 0 Å². The summed E-state index contributed by atoms with van der Waals surface area (Å²) >= 11 is 0. The molecule has 0 aliphatic heterocycles. The largest absolute Gasteiger partial charge is 0.405 e. The van der Waals surface area contributed by atoms with Gasteiger partial charge in [0.05, 0.1) is 0 Å². The maximum atomic E-state index is 5.14. The van der Waals surface area contributed by atoms with Gasteiger partial charge in [0.15, 0.2) is 0 Å². The Labute approximate surface area is 69.3 Å². The predicted molar refractivity (Wildman–Crippen MR) is 51.1 cm³/mol. The minimum absolute atomic E-state index is 0.740. The first-order valence-corrected chi connectivity index (χ1v) is 3.97. The molecule has 0 saturated heterocycles. The Balaban J connectivity index is 3.44. The molecule has 0 radical (unpaired) electrons. The highest BCUT2D eigenvalue weighted by Gasteiger charge is 1.84. The number of hydrogen-bond donors (Lipinski definition) is 1. The van der Waals surface area contributed by atoms with Gasteiger partial charge < -0.3 is 5.73 Å². The number of allylic oxidation sites excluding steroid dienone is 5. The predicted octanol–water partition coefficient (Wildman–Crippen LogP) is 2.62. The summed E-state index contributed by atoms with van der Waals surface area (Å²) in [4.78, 5) is 0. The van der Waals surface area contributed by atoms with E-state index in [1.807, 2.05) is 18.2 Å². The topological polar surface area (TPSA) is 26.0 Å². The van der Waals surface area contributed by atoms with E-state index in [4.69, 9.17) is 5.73 Å². The molecule has 0 unspecified atom stereocenters. The number of hydrogen-bond acceptors (Lipinski definition) is 1. The lowest BCUT2D eigenvalue weighted by molar-refractivity contribution is 0.664. The van der Waals surface area contributed by atoms with Gasteiger partial charge in [0.1, 0.15) is 0 Å². The van der Waals surface area contributed by atoms with Gasteiger partial charge in [-0.15, -0.1) is 0 Å². The summed E-state index contributed by atoms with van der Waals surface area (Å²) in [7, 11) is 0. The van der Waals surface area contributed by atoms with E-state index in [2.05, 4.69) is 19.9 Å². The highest BCUT2D eigenvalue weighted by atomic mass is 14.5. The van der Waals surface area contributed by atoms with Crippen molar-refractivity contribution >= 4 is 0 Å². The van der Waals surface area contributed by atoms with Gasteiger partial charge in [-0.1, -0.05) is 38.2 Å². The maximum Gasteiger partial charge on any atom is -0.00624 e. The smallest absolute Gasteiger partial charge is 0.00624 e. The van der Waals surface area contributed by atoms with Gasteiger partial charge >= 0.3 is 0 Å². The van der Waals surface area contributed by atoms with Crippen molar-refractivity contribution in [3.05, 3.63) is 36.6 Å². The standard InChI is InChI=1S/C10H17N/c1-10(2)8-6-4-3-5-7-9-11/h3-7,9-10H,8,11H2,1-2H3/b5-3-,6-4+,9-7+. The van der Waals surface area contributed by atoms with Crippen LogP contribution in [0.15, 0.2) is 36.6 Å². The molecule has 1 nitrogen and oxygen atoms in total. The Morgan fingerprint density at radius 2 is 1.73 bits per heavy atom. The molecule has 0 aromatic carbocycles. The van der Waals surface area contributed by atoms with Crippen molar-refractivity contribution in [1.82, 2.24) is 0 Å². The van der Waals surface area contributed by atoms with Crippen molar-refractivity contribution in [2.45, 2.75) is 20.3 Å². The zero-order valence-corrected chi connectivity index (χ0v) is 7.33. The highest BCUT2D eigenvalue weighted by molar-refractivity contribution is 5.10. The summed E-state index contributed by atoms with van der Waals surface area (Å²) in [5.74, 6) is 0.740. The molecule has 0 rings (SSSR count). The van der Waals surface area contributed by atoms with Crippen molar-refractivity contribution in [1.29, 1.82) is 0 Å². The van der Waals surface area contributed by atoms with Gasteiger partial charge in [0, 0.05) is 0 Å². The van der Waals surface area contributed by atoms with Crippen LogP contribution in [0, 0.1) is 5.92 Å². The second kappa shape index (κ2) is 7.13. The Morgan fingerprint density at radius 1 is 1.09 bits per heavy atom. The van der Waals surface area contributed by atoms with Gasteiger partial charge in [0.2, 0.25) is 0 Å². The monoisotopic (exact) mass is 151 g/mol. The molecule has 62 valence electrons. The first-order chi connectivity index (χ1) is 5.27. The van der Waals surface area contributed by atoms with E-state index in [0.717, 1.165) is 12.3 Å². The van der Waals surface area contributed by atoms with Crippen LogP contribution in [0.2, 0.25) is 0 Å². The molecule has 0 amide bonds. The molecule has 0 heterocycles. The third-order valence-electron chi connectivity index (χ3n) is 1.19. The summed E-state index contributed by atoms with van der Waals surface area (Å²) < 4.78 is 0. The van der Waals surface area contributed by atoms with Crippen LogP contribution in [0.3, 0.4) is 0 Å². The van der Waals surface area contributed by atoms with Crippen molar-refractivity contribution in [3.63, 3.8) is 0 Å². The molecule has 0 spiro atoms. The quantitative estimate of drug-likeness (QED) is 0.614. The lowest BCUT2D eigenvalue weighted by Crippen LogP contribution is -1.80. The fourth-order valence-corrected chi connectivity index (χ4v) is 0.622. The lowest BCUT2D eigenvalue weighted by atomic mass is 10.1. The van der Waals surface area contributed by atoms with Gasteiger partial charge in [-0.05, 0) is 24.6 Å². The summed E-state index contributed by atoms with van der Waals surface area (Å²) in [6, 6.07) is 0. The molecule has 0 atom stereocenters. The van der Waals surface area contributed by atoms with Crippen LogP contribution in [0.4, 0.5) is 0 Å². The zero-order valence-electron chi connectivity index (χ0n) is 7.33. The molecule has 1 heteroatoms. The van der Waals surface area contributed by atoms with Crippen LogP contribution in [0.25, 0.3) is 0 Å². The number of rotatable bonds is 4. The molecule has 0 bridgehead atoms. The van der Waals surface area contributed by atoms with Gasteiger partial charge in [-0.2, -0.15) is 0 Å². The van der Waals surface area contributed by atoms with Crippen molar-refractivity contribution in [3.8, 4) is 0 Å². The SMILES string of the molecule is CC(C)C/C=C/C=C\C=C\N. The Kier molecular flexibility index (Phi) is 6.50. The van der Waals surface area contributed by atoms with Crippen LogP contribution in [-0.4, -0.2) is 0 Å². The summed E-state index contributed by atoms with van der Waals surface area (Å²) in [6.07, 6.45) is 12.6. The summed E-state index contributed by atoms with van der Waals surface area (Å²) in [5, 5.41) is 0. The lowest BCUT2D eigenvalue weighted by Gasteiger charge is -1.94. The Bertz CT molecular complexity index is 152. The normalized spacial score (nSPS) is 13.0. The average Bonchev–Trinajstić information content (AvgIpc) is 1.96. The summed E-state index contributed by atoms with van der Waals surface area (Å²) in [5.41, 5.74) is 5.14. The molecule has 0 aromatic heterocycles. The summed E-state index contributed by atoms with van der Waals surface area (Å²) in [6.45, 7) is 4.40. The fourth-order valence-electron chi connectivity index (χ4n) is 0.622. The Hall–Kier alpha value is -0.980. The zero-order chi connectivity index (χ0) is 8.53. The first kappa shape index (κ1) is 10.0. The van der Waals surface area contributed by atoms with Crippen molar-refractivity contribution in [2.24, 2.45) is 11.7 Å². The minimum atomic E-state index is 0.740. The van der Waals surface area contributed by atoms with Crippen LogP contribution in [0.5, 0.6) is 0 Å². The minimum Gasteiger partial charge on any atom is -0.405 e. The third-order valence-corrected chi connectivity index (χ3v) is 1.19. The fraction of sp³-hybridized carbons (Fsp3) is 0.400. The molecule has 11 heavy (non-hydrogen) atoms. The molecule has 0 fully saturated rings. The van der Waals surface area contributed by atoms with E-state index in [1.165, 1.54) is 6.20 Å². The molecular formula is C10H17N. The van der Waals surface area contributed by atoms with E-state index in [1.54, 1.807) is 6.08 Å². The highest BCUT2D eigenvalue weighted by Crippen LogP contribution is 1.99. The van der Waals surface area contributed by atoms with Crippen LogP contribution >= 0.6 is 0 Å². The maximum absolute atomic E-state index is 5.14. The average molecular weight is 151 g/mol. The van der Waals surface area contributed by atoms with Crippen LogP contribution < -0.4 is 5.73 Å². The van der Waals surface area contributed by atoms with Crippen LogP contribution in [-0.2, 0) is 0 Å². The van der Waals surface area contributed by atoms with E-state index in [-0.39, 0.29) is 0 Å². The van der Waals surface area contributed by atoms with E-state index in [9.17, 15) is 0 Å². The third kappa shape index (κ3) is 9.02. The second-order valence-corrected chi connectivity index (χ2v) is 2.83. The Morgan fingerprint density at radius 3 is 2.27 bits per heavy atom. The molecule has 0 aliphatic rings. The number of nitrogens with two attached hydrogens (primary N) is 1. The van der Waals surface area contributed by atoms with Gasteiger partial charge in [-0.3, -0.25) is 0 Å². The molecule has 0 aromatic rings.